The summed E-state index contributed by atoms with van der Waals surface area (Å²) in [4.78, 5) is 27.0. The van der Waals surface area contributed by atoms with E-state index in [9.17, 15) is 14.0 Å². The highest BCUT2D eigenvalue weighted by atomic mass is 32.2. The number of benzene rings is 3. The molecule has 3 aromatic rings. The summed E-state index contributed by atoms with van der Waals surface area (Å²) >= 11 is 1.49. The van der Waals surface area contributed by atoms with Gasteiger partial charge in [-0.25, -0.2) is 9.18 Å². The summed E-state index contributed by atoms with van der Waals surface area (Å²) < 4.78 is 24.0. The maximum absolute atomic E-state index is 13.3. The van der Waals surface area contributed by atoms with Gasteiger partial charge in [0.25, 0.3) is 0 Å². The van der Waals surface area contributed by atoms with Gasteiger partial charge in [-0.1, -0.05) is 24.3 Å². The SMILES string of the molecule is COc1ccccc1OC(=O)c1ccc(N2C(=O)CSC2c2ccc(F)cc2)c(C)c1. The van der Waals surface area contributed by atoms with Crippen LogP contribution in [0.1, 0.15) is 26.9 Å². The quantitative estimate of drug-likeness (QED) is 0.409. The van der Waals surface area contributed by atoms with Crippen LogP contribution >= 0.6 is 11.8 Å². The average molecular weight is 437 g/mol. The van der Waals surface area contributed by atoms with Crippen LogP contribution in [0, 0.1) is 12.7 Å². The Kier molecular flexibility index (Phi) is 5.95. The predicted molar refractivity (Wildman–Crippen MR) is 118 cm³/mol. The maximum atomic E-state index is 13.3. The van der Waals surface area contributed by atoms with Crippen LogP contribution in [0.25, 0.3) is 0 Å². The van der Waals surface area contributed by atoms with Crippen LogP contribution in [0.5, 0.6) is 11.5 Å². The van der Waals surface area contributed by atoms with Crippen LogP contribution in [-0.2, 0) is 4.79 Å². The number of carbonyl (C=O) groups is 2. The number of hydrogen-bond acceptors (Lipinski definition) is 5. The molecule has 0 radical (unpaired) electrons. The Balaban J connectivity index is 1.59. The van der Waals surface area contributed by atoms with Gasteiger partial charge in [-0.05, 0) is 60.5 Å². The second-order valence-corrected chi connectivity index (χ2v) is 8.09. The summed E-state index contributed by atoms with van der Waals surface area (Å²) in [6.45, 7) is 1.84. The number of ether oxygens (including phenoxy) is 2. The third-order valence-electron chi connectivity index (χ3n) is 4.99. The highest BCUT2D eigenvalue weighted by Crippen LogP contribution is 2.43. The molecule has 1 amide bonds. The fourth-order valence-corrected chi connectivity index (χ4v) is 4.64. The normalized spacial score (nSPS) is 15.8. The van der Waals surface area contributed by atoms with Gasteiger partial charge in [0.15, 0.2) is 11.5 Å². The summed E-state index contributed by atoms with van der Waals surface area (Å²) in [6.07, 6.45) is 0. The van der Waals surface area contributed by atoms with Crippen LogP contribution in [-0.4, -0.2) is 24.7 Å². The van der Waals surface area contributed by atoms with Crippen molar-refractivity contribution in [3.05, 3.63) is 89.2 Å². The van der Waals surface area contributed by atoms with Gasteiger partial charge in [0.2, 0.25) is 5.91 Å². The van der Waals surface area contributed by atoms with Gasteiger partial charge in [-0.3, -0.25) is 9.69 Å². The van der Waals surface area contributed by atoms with Gasteiger partial charge in [-0.15, -0.1) is 11.8 Å². The third-order valence-corrected chi connectivity index (χ3v) is 6.20. The van der Waals surface area contributed by atoms with E-state index in [0.717, 1.165) is 11.1 Å². The lowest BCUT2D eigenvalue weighted by atomic mass is 10.1. The molecular formula is C24H20FNO4S. The molecule has 4 rings (SSSR count). The van der Waals surface area contributed by atoms with Crippen molar-refractivity contribution >= 4 is 29.3 Å². The molecule has 158 valence electrons. The number of aryl methyl sites for hydroxylation is 1. The first kappa shape index (κ1) is 20.9. The number of para-hydroxylation sites is 2. The van der Waals surface area contributed by atoms with Crippen molar-refractivity contribution in [1.29, 1.82) is 0 Å². The summed E-state index contributed by atoms with van der Waals surface area (Å²) in [5.41, 5.74) is 2.68. The molecule has 1 atom stereocenters. The Morgan fingerprint density at radius 2 is 1.77 bits per heavy atom. The lowest BCUT2D eigenvalue weighted by Gasteiger charge is -2.26. The average Bonchev–Trinajstić information content (AvgIpc) is 3.15. The van der Waals surface area contributed by atoms with Gasteiger partial charge >= 0.3 is 5.97 Å². The van der Waals surface area contributed by atoms with Gasteiger partial charge in [-0.2, -0.15) is 0 Å². The molecule has 1 heterocycles. The topological polar surface area (TPSA) is 55.8 Å². The van der Waals surface area contributed by atoms with Crippen LogP contribution < -0.4 is 14.4 Å². The summed E-state index contributed by atoms with van der Waals surface area (Å²) in [5, 5.41) is -0.252. The number of carbonyl (C=O) groups excluding carboxylic acids is 2. The largest absolute Gasteiger partial charge is 0.493 e. The minimum Gasteiger partial charge on any atom is -0.493 e. The van der Waals surface area contributed by atoms with Gasteiger partial charge in [0.1, 0.15) is 11.2 Å². The molecule has 1 fully saturated rings. The molecule has 0 aromatic heterocycles. The van der Waals surface area contributed by atoms with E-state index in [-0.39, 0.29) is 17.1 Å². The first-order valence-corrected chi connectivity index (χ1v) is 10.7. The van der Waals surface area contributed by atoms with Crippen LogP contribution in [0.4, 0.5) is 10.1 Å². The second-order valence-electron chi connectivity index (χ2n) is 7.02. The minimum atomic E-state index is -0.517. The van der Waals surface area contributed by atoms with E-state index in [1.54, 1.807) is 59.5 Å². The van der Waals surface area contributed by atoms with E-state index < -0.39 is 5.97 Å². The molecule has 31 heavy (non-hydrogen) atoms. The van der Waals surface area contributed by atoms with Gasteiger partial charge in [0, 0.05) is 5.69 Å². The second kappa shape index (κ2) is 8.81. The van der Waals surface area contributed by atoms with E-state index in [4.69, 9.17) is 9.47 Å². The van der Waals surface area contributed by atoms with Crippen LogP contribution in [0.2, 0.25) is 0 Å². The summed E-state index contributed by atoms with van der Waals surface area (Å²) in [7, 11) is 1.51. The smallest absolute Gasteiger partial charge is 0.343 e. The first-order valence-electron chi connectivity index (χ1n) is 9.63. The Morgan fingerprint density at radius 1 is 1.06 bits per heavy atom. The van der Waals surface area contributed by atoms with Crippen molar-refractivity contribution < 1.29 is 23.5 Å². The number of anilines is 1. The molecular weight excluding hydrogens is 417 g/mol. The van der Waals surface area contributed by atoms with E-state index in [0.29, 0.717) is 28.5 Å². The Hall–Kier alpha value is -3.32. The molecule has 0 saturated carbocycles. The van der Waals surface area contributed by atoms with Crippen molar-refractivity contribution in [2.45, 2.75) is 12.3 Å². The zero-order chi connectivity index (χ0) is 22.0. The number of halogens is 1. The Morgan fingerprint density at radius 3 is 2.45 bits per heavy atom. The molecule has 0 spiro atoms. The molecule has 0 N–H and O–H groups in total. The lowest BCUT2D eigenvalue weighted by molar-refractivity contribution is -0.115. The lowest BCUT2D eigenvalue weighted by Crippen LogP contribution is -2.28. The molecule has 5 nitrogen and oxygen atoms in total. The number of hydrogen-bond donors (Lipinski definition) is 0. The van der Waals surface area contributed by atoms with E-state index in [1.807, 2.05) is 6.92 Å². The molecule has 0 aliphatic carbocycles. The molecule has 1 unspecified atom stereocenters. The molecule has 1 aliphatic rings. The fraction of sp³-hybridized carbons (Fsp3) is 0.167. The first-order chi connectivity index (χ1) is 15.0. The summed E-state index contributed by atoms with van der Waals surface area (Å²) in [5.74, 6) is 0.256. The van der Waals surface area contributed by atoms with E-state index in [1.165, 1.54) is 31.0 Å². The molecule has 3 aromatic carbocycles. The zero-order valence-corrected chi connectivity index (χ0v) is 17.8. The van der Waals surface area contributed by atoms with Crippen LogP contribution in [0.15, 0.2) is 66.7 Å². The Bertz CT molecular complexity index is 1130. The summed E-state index contributed by atoms with van der Waals surface area (Å²) in [6, 6.07) is 18.1. The zero-order valence-electron chi connectivity index (χ0n) is 17.0. The third kappa shape index (κ3) is 4.27. The minimum absolute atomic E-state index is 0.0354. The van der Waals surface area contributed by atoms with Gasteiger partial charge in [0.05, 0.1) is 18.4 Å². The number of methoxy groups -OCH3 is 1. The maximum Gasteiger partial charge on any atom is 0.343 e. The predicted octanol–water partition coefficient (Wildman–Crippen LogP) is 5.14. The van der Waals surface area contributed by atoms with Crippen molar-refractivity contribution in [3.8, 4) is 11.5 Å². The van der Waals surface area contributed by atoms with E-state index >= 15 is 0 Å². The highest BCUT2D eigenvalue weighted by molar-refractivity contribution is 8.00. The van der Waals surface area contributed by atoms with Crippen LogP contribution in [0.3, 0.4) is 0 Å². The van der Waals surface area contributed by atoms with Crippen molar-refractivity contribution in [2.75, 3.05) is 17.8 Å². The standard InChI is InChI=1S/C24H20FNO4S/c1-15-13-17(24(28)30-21-6-4-3-5-20(21)29-2)9-12-19(15)26-22(27)14-31-23(26)16-7-10-18(25)11-8-16/h3-13,23H,14H2,1-2H3. The van der Waals surface area contributed by atoms with Crippen molar-refractivity contribution in [3.63, 3.8) is 0 Å². The monoisotopic (exact) mass is 437 g/mol. The molecule has 1 saturated heterocycles. The highest BCUT2D eigenvalue weighted by Gasteiger charge is 2.35. The van der Waals surface area contributed by atoms with E-state index in [2.05, 4.69) is 0 Å². The van der Waals surface area contributed by atoms with Crippen molar-refractivity contribution in [2.24, 2.45) is 0 Å². The number of thioether (sulfide) groups is 1. The molecule has 0 bridgehead atoms. The number of amides is 1. The fourth-order valence-electron chi connectivity index (χ4n) is 3.47. The van der Waals surface area contributed by atoms with Crippen molar-refractivity contribution in [1.82, 2.24) is 0 Å². The number of nitrogens with zero attached hydrogens (tertiary/aromatic N) is 1. The van der Waals surface area contributed by atoms with Gasteiger partial charge < -0.3 is 9.47 Å². The molecule has 1 aliphatic heterocycles. The Labute approximate surface area is 183 Å². The number of esters is 1. The molecule has 7 heteroatoms. The number of rotatable bonds is 5.